The Labute approximate surface area is 782 Å². The van der Waals surface area contributed by atoms with Gasteiger partial charge in [-0.25, -0.2) is 119 Å². The van der Waals surface area contributed by atoms with Crippen molar-refractivity contribution in [1.82, 2.24) is 0 Å². The van der Waals surface area contributed by atoms with Crippen molar-refractivity contribution >= 4 is 103 Å². The third kappa shape index (κ3) is 4550. The molecule has 0 bridgehead atoms. The first kappa shape index (κ1) is 292. The second-order valence-electron chi connectivity index (χ2n) is 3.09. The van der Waals surface area contributed by atoms with Gasteiger partial charge in [0.2, 0.25) is 0 Å². The van der Waals surface area contributed by atoms with E-state index in [1.54, 1.807) is 0 Å². The summed E-state index contributed by atoms with van der Waals surface area (Å²) in [7, 11) is -40.6. The molecule has 0 aliphatic heterocycles. The molecular weight excluding hydrogens is 1580 g/mol. The zero-order valence-corrected chi connectivity index (χ0v) is 84.2. The average molecular weight is 1590 g/mol. The smallest absolute Gasteiger partial charge is 1.00 e. The molecule has 0 aromatic carbocycles. The van der Waals surface area contributed by atoms with Crippen LogP contribution in [0.3, 0.4) is 0 Å². The van der Waals surface area contributed by atoms with Crippen molar-refractivity contribution in [2.45, 2.75) is 0 Å². The second-order valence-corrected chi connectivity index (χ2v) is 9.28. The predicted molar refractivity (Wildman–Crippen MR) is 146 cm³/mol. The monoisotopic (exact) mass is 1590 g/mol. The van der Waals surface area contributed by atoms with E-state index in [1.807, 2.05) is 0 Å². The topological polar surface area (TPSA) is 1080 Å². The zero-order chi connectivity index (χ0) is 46.5. The van der Waals surface area contributed by atoms with Crippen LogP contribution in [0.4, 0.5) is 0 Å². The molecular formula is H13Na15O52P13-11. The molecule has 0 rings (SSSR count). The van der Waals surface area contributed by atoms with E-state index >= 15 is 0 Å². The van der Waals surface area contributed by atoms with E-state index in [2.05, 4.69) is 0 Å². The third-order valence-electron chi connectivity index (χ3n) is 0. The summed E-state index contributed by atoms with van der Waals surface area (Å²) in [5.74, 6) is 0. The molecule has 0 aliphatic rings. The zero-order valence-electron chi connectivity index (χ0n) is 42.5. The first-order chi connectivity index (χ1) is 22.5. The van der Waals surface area contributed by atoms with E-state index in [0.717, 1.165) is 0 Å². The fraction of sp³-hybridized carbons (Fsp3) is 0. The summed E-state index contributed by atoms with van der Waals surface area (Å²) in [4.78, 5) is 91.1. The van der Waals surface area contributed by atoms with Gasteiger partial charge in [0.15, 0.2) is 0 Å². The molecule has 0 atom stereocenters. The molecule has 0 fully saturated rings. The Kier molecular flexibility index (Phi) is 1030. The Hall–Kier alpha value is 12.7. The minimum absolute atomic E-state index is 0. The molecule has 0 unspecified atom stereocenters. The van der Waals surface area contributed by atoms with Crippen molar-refractivity contribution < 1.29 is 697 Å². The van der Waals surface area contributed by atoms with Crippen LogP contribution in [0.15, 0.2) is 0 Å². The Morgan fingerprint density at radius 3 is 0.100 bits per heavy atom. The first-order valence-electron chi connectivity index (χ1n) is 7.35. The average Bonchev–Trinajstić information content (AvgIpc) is 2.67. The predicted octanol–water partition coefficient (Wildman–Crippen LogP) is -45.6. The van der Waals surface area contributed by atoms with E-state index in [9.17, 15) is 0 Å². The molecule has 80 heavy (non-hydrogen) atoms. The molecule has 0 aromatic heterocycles. The molecule has 52 nitrogen and oxygen atoms in total. The molecule has 0 radical (unpaired) electrons. The Morgan fingerprint density at radius 2 is 0.100 bits per heavy atom. The molecule has 416 valence electrons. The molecule has 80 heteroatoms. The third-order valence-corrected chi connectivity index (χ3v) is 0. The van der Waals surface area contributed by atoms with Crippen LogP contribution in [0.25, 0.3) is 0 Å². The van der Waals surface area contributed by atoms with Crippen molar-refractivity contribution in [2.75, 3.05) is 0 Å². The maximum atomic E-state index is 8.59. The van der Waals surface area contributed by atoms with Crippen LogP contribution < -0.4 is 443 Å². The number of rotatable bonds is 0. The van der Waals surface area contributed by atoms with E-state index in [-0.39, 0.29) is 515 Å². The van der Waals surface area contributed by atoms with Gasteiger partial charge in [0.1, 0.15) is 0 Å². The SMILES string of the molecule is O=P(=O)O.O=P(=O)O.O=P(=O)O.O=P(=O)O.O=P(=O)O.O=P(=O)O.O=P(=O)O.O=P(=O)O.O=P(=O)O.O=P(=O)O.O=P(=O)O.O=P(=O)O.O=P(=O)O.[Na+].[Na+].[Na+].[Na+].[Na+].[Na+].[Na+].[Na+].[Na+].[Na+].[Na+].[Na+].[Na+].[Na+].[Na+].[O-2].[O-2].[O-2].[O-2].[O-2].[O-2].[O-2].[O-2].[O-2].[O-2].[O-2].[O-2].[O-2]. The van der Waals surface area contributed by atoms with Crippen LogP contribution >= 0.6 is 103 Å². The molecule has 0 heterocycles. The van der Waals surface area contributed by atoms with Crippen LogP contribution in [0.5, 0.6) is 0 Å². The first-order valence-corrected chi connectivity index (χ1v) is 22.0. The fourth-order valence-electron chi connectivity index (χ4n) is 0. The molecule has 0 saturated carbocycles. The van der Waals surface area contributed by atoms with Gasteiger partial charge >= 0.3 is 546 Å². The van der Waals surface area contributed by atoms with Gasteiger partial charge in [0, 0.05) is 0 Å². The maximum absolute atomic E-state index is 8.59. The van der Waals surface area contributed by atoms with Crippen LogP contribution in [0.1, 0.15) is 0 Å². The van der Waals surface area contributed by atoms with Gasteiger partial charge in [-0.1, -0.05) is 0 Å². The van der Waals surface area contributed by atoms with Gasteiger partial charge in [-0.2, -0.15) is 0 Å². The molecule has 0 saturated heterocycles. The van der Waals surface area contributed by atoms with Gasteiger partial charge in [-0.05, 0) is 0 Å². The van der Waals surface area contributed by atoms with E-state index < -0.39 is 103 Å². The normalized spacial score (nSPS) is 4.06. The summed E-state index contributed by atoms with van der Waals surface area (Å²) in [5.41, 5.74) is 0. The Morgan fingerprint density at radius 1 is 0.100 bits per heavy atom. The van der Waals surface area contributed by atoms with Crippen molar-refractivity contribution in [3.05, 3.63) is 0 Å². The van der Waals surface area contributed by atoms with Crippen LogP contribution in [-0.2, 0) is 190 Å². The van der Waals surface area contributed by atoms with Gasteiger partial charge in [0.25, 0.3) is 0 Å². The van der Waals surface area contributed by atoms with Crippen molar-refractivity contribution in [2.24, 2.45) is 0 Å². The second kappa shape index (κ2) is 282. The van der Waals surface area contributed by atoms with Crippen LogP contribution in [-0.4, -0.2) is 63.6 Å². The van der Waals surface area contributed by atoms with Crippen molar-refractivity contribution in [3.8, 4) is 0 Å². The summed E-state index contributed by atoms with van der Waals surface area (Å²) in [6.45, 7) is 0. The maximum Gasteiger partial charge on any atom is 1.00 e. The van der Waals surface area contributed by atoms with E-state index in [1.165, 1.54) is 0 Å². The standard InChI is InChI=1S/15Na.13HO3P.13O/c;;;;;;;;;;;;;;;13*1-4(2)3;;;;;;;;;;;;;/h;;;;;;;;;;;;;;;13*(H,1,2,3);;;;;;;;;;;;;/q15*+1;;;;;;;;;;;;;;13*-2. The van der Waals surface area contributed by atoms with Crippen LogP contribution in [0, 0.1) is 0 Å². The van der Waals surface area contributed by atoms with Crippen molar-refractivity contribution in [3.63, 3.8) is 0 Å². The number of hydrogen-bond acceptors (Lipinski definition) is 26. The minimum Gasteiger partial charge on any atom is -2.00 e. The molecule has 0 aromatic rings. The summed E-state index contributed by atoms with van der Waals surface area (Å²) in [5, 5.41) is 0. The fourth-order valence-corrected chi connectivity index (χ4v) is 0. The van der Waals surface area contributed by atoms with Gasteiger partial charge in [0.05, 0.1) is 0 Å². The summed E-state index contributed by atoms with van der Waals surface area (Å²) in [6.07, 6.45) is 0. The minimum atomic E-state index is -3.12. The molecule has 0 amide bonds. The van der Waals surface area contributed by atoms with E-state index in [4.69, 9.17) is 182 Å². The largest absolute Gasteiger partial charge is 2.00 e. The van der Waals surface area contributed by atoms with Gasteiger partial charge in [-0.3, -0.25) is 63.6 Å². The summed E-state index contributed by atoms with van der Waals surface area (Å²) >= 11 is 0. The Bertz CT molecular complexity index is 1210. The molecule has 13 N–H and O–H groups in total. The Balaban J connectivity index is -0.00000000513. The summed E-state index contributed by atoms with van der Waals surface area (Å²) < 4.78 is 223. The quantitative estimate of drug-likeness (QED) is 0.0791. The van der Waals surface area contributed by atoms with Crippen molar-refractivity contribution in [1.29, 1.82) is 0 Å². The molecule has 0 aliphatic carbocycles. The number of hydrogen-bond donors (Lipinski definition) is 13. The molecule has 0 spiro atoms. The summed E-state index contributed by atoms with van der Waals surface area (Å²) in [6, 6.07) is 0. The van der Waals surface area contributed by atoms with Crippen LogP contribution in [0.2, 0.25) is 0 Å². The van der Waals surface area contributed by atoms with E-state index in [0.29, 0.717) is 0 Å². The van der Waals surface area contributed by atoms with Gasteiger partial charge < -0.3 is 71.2 Å². The van der Waals surface area contributed by atoms with Gasteiger partial charge in [-0.15, -0.1) is 0 Å².